The summed E-state index contributed by atoms with van der Waals surface area (Å²) in [5, 5.41) is 1.27. The Labute approximate surface area is 90.7 Å². The summed E-state index contributed by atoms with van der Waals surface area (Å²) >= 11 is 0. The third kappa shape index (κ3) is 1.65. The minimum absolute atomic E-state index is 0.159. The second-order valence-corrected chi connectivity index (χ2v) is 4.98. The van der Waals surface area contributed by atoms with Crippen molar-refractivity contribution >= 4 is 11.0 Å². The molecule has 2 heteroatoms. The maximum atomic E-state index is 4.37. The Bertz CT molecular complexity index is 475. The van der Waals surface area contributed by atoms with E-state index in [-0.39, 0.29) is 5.41 Å². The smallest absolute Gasteiger partial charge is 0.137 e. The molecule has 0 aliphatic rings. The number of fused-ring (bicyclic) bond motifs is 1. The number of nitrogens with zero attached hydrogens (tertiary/aromatic N) is 1. The first-order valence-electron chi connectivity index (χ1n) is 5.50. The van der Waals surface area contributed by atoms with Gasteiger partial charge in [0.25, 0.3) is 0 Å². The van der Waals surface area contributed by atoms with Crippen molar-refractivity contribution < 1.29 is 0 Å². The molecule has 2 heterocycles. The Kier molecular flexibility index (Phi) is 2.29. The number of pyridine rings is 1. The molecule has 1 N–H and O–H groups in total. The van der Waals surface area contributed by atoms with Gasteiger partial charge in [0.05, 0.1) is 0 Å². The number of rotatable bonds is 1. The highest BCUT2D eigenvalue weighted by molar-refractivity contribution is 5.81. The summed E-state index contributed by atoms with van der Waals surface area (Å²) in [7, 11) is 0. The van der Waals surface area contributed by atoms with Crippen LogP contribution in [0.15, 0.2) is 18.3 Å². The fraction of sp³-hybridized carbons (Fsp3) is 0.462. The zero-order chi connectivity index (χ0) is 11.1. The molecule has 0 saturated carbocycles. The molecule has 0 atom stereocenters. The van der Waals surface area contributed by atoms with Crippen molar-refractivity contribution in [1.29, 1.82) is 0 Å². The lowest BCUT2D eigenvalue weighted by molar-refractivity contribution is 0.567. The van der Waals surface area contributed by atoms with E-state index in [1.165, 1.54) is 16.6 Å². The third-order valence-electron chi connectivity index (χ3n) is 2.78. The van der Waals surface area contributed by atoms with Crippen LogP contribution in [0.4, 0.5) is 0 Å². The molecule has 2 nitrogen and oxygen atoms in total. The number of hydrogen-bond donors (Lipinski definition) is 1. The first-order chi connectivity index (χ1) is 7.04. The van der Waals surface area contributed by atoms with Gasteiger partial charge in [0.15, 0.2) is 0 Å². The molecule has 0 amide bonds. The Morgan fingerprint density at radius 3 is 2.67 bits per heavy atom. The number of H-pyrrole nitrogens is 1. The van der Waals surface area contributed by atoms with Gasteiger partial charge >= 0.3 is 0 Å². The van der Waals surface area contributed by atoms with Crippen LogP contribution in [0.25, 0.3) is 11.0 Å². The average Bonchev–Trinajstić information content (AvgIpc) is 2.55. The fourth-order valence-electron chi connectivity index (χ4n) is 2.08. The third-order valence-corrected chi connectivity index (χ3v) is 2.78. The summed E-state index contributed by atoms with van der Waals surface area (Å²) in [5.74, 6) is 0. The van der Waals surface area contributed by atoms with Crippen LogP contribution in [0.3, 0.4) is 0 Å². The molecule has 0 aliphatic carbocycles. The van der Waals surface area contributed by atoms with E-state index in [2.05, 4.69) is 43.7 Å². The molecule has 0 fully saturated rings. The minimum atomic E-state index is 0.159. The molecule has 0 radical (unpaired) electrons. The molecular formula is C13H18N2. The first kappa shape index (κ1) is 10.2. The van der Waals surface area contributed by atoms with Crippen LogP contribution >= 0.6 is 0 Å². The summed E-state index contributed by atoms with van der Waals surface area (Å²) in [6.07, 6.45) is 2.89. The van der Waals surface area contributed by atoms with E-state index in [4.69, 9.17) is 0 Å². The molecule has 80 valence electrons. The second kappa shape index (κ2) is 3.37. The normalized spacial score (nSPS) is 12.3. The van der Waals surface area contributed by atoms with Gasteiger partial charge in [0.1, 0.15) is 5.65 Å². The summed E-state index contributed by atoms with van der Waals surface area (Å²) in [4.78, 5) is 7.81. The van der Waals surface area contributed by atoms with Crippen LogP contribution in [0.2, 0.25) is 0 Å². The Morgan fingerprint density at radius 2 is 2.07 bits per heavy atom. The van der Waals surface area contributed by atoms with Gasteiger partial charge in [-0.2, -0.15) is 0 Å². The van der Waals surface area contributed by atoms with E-state index in [0.29, 0.717) is 0 Å². The maximum Gasteiger partial charge on any atom is 0.137 e. The van der Waals surface area contributed by atoms with Crippen LogP contribution in [-0.4, -0.2) is 9.97 Å². The lowest BCUT2D eigenvalue weighted by atomic mass is 9.88. The van der Waals surface area contributed by atoms with Crippen molar-refractivity contribution in [2.24, 2.45) is 0 Å². The van der Waals surface area contributed by atoms with E-state index in [0.717, 1.165) is 12.1 Å². The molecule has 0 saturated heterocycles. The Morgan fingerprint density at radius 1 is 1.33 bits per heavy atom. The van der Waals surface area contributed by atoms with Crippen LogP contribution in [0, 0.1) is 0 Å². The van der Waals surface area contributed by atoms with Crippen molar-refractivity contribution in [1.82, 2.24) is 9.97 Å². The summed E-state index contributed by atoms with van der Waals surface area (Å²) < 4.78 is 0. The Balaban J connectivity index is 2.75. The summed E-state index contributed by atoms with van der Waals surface area (Å²) in [6.45, 7) is 8.90. The van der Waals surface area contributed by atoms with Crippen molar-refractivity contribution in [2.45, 2.75) is 39.5 Å². The van der Waals surface area contributed by atoms with E-state index >= 15 is 0 Å². The maximum absolute atomic E-state index is 4.37. The lowest BCUT2D eigenvalue weighted by Gasteiger charge is -2.18. The van der Waals surface area contributed by atoms with Gasteiger partial charge < -0.3 is 4.98 Å². The molecule has 0 bridgehead atoms. The van der Waals surface area contributed by atoms with Crippen molar-refractivity contribution in [3.05, 3.63) is 29.6 Å². The van der Waals surface area contributed by atoms with Gasteiger partial charge in [-0.25, -0.2) is 4.98 Å². The van der Waals surface area contributed by atoms with Crippen molar-refractivity contribution in [3.8, 4) is 0 Å². The van der Waals surface area contributed by atoms with Gasteiger partial charge in [0, 0.05) is 22.7 Å². The van der Waals surface area contributed by atoms with Gasteiger partial charge in [-0.15, -0.1) is 0 Å². The first-order valence-corrected chi connectivity index (χ1v) is 5.50. The molecule has 0 aliphatic heterocycles. The standard InChI is InChI=1S/C13H18N2/c1-5-9-10-7-6-8-14-12(10)15-11(9)13(2,3)4/h6-8H,5H2,1-4H3,(H,14,15). The highest BCUT2D eigenvalue weighted by Crippen LogP contribution is 2.30. The highest BCUT2D eigenvalue weighted by atomic mass is 14.9. The molecule has 2 aromatic heterocycles. The van der Waals surface area contributed by atoms with Crippen LogP contribution in [0.1, 0.15) is 39.0 Å². The van der Waals surface area contributed by atoms with Gasteiger partial charge in [-0.05, 0) is 24.1 Å². The van der Waals surface area contributed by atoms with E-state index in [9.17, 15) is 0 Å². The fourth-order valence-corrected chi connectivity index (χ4v) is 2.08. The molecule has 0 spiro atoms. The molecule has 2 rings (SSSR count). The quantitative estimate of drug-likeness (QED) is 0.754. The van der Waals surface area contributed by atoms with Gasteiger partial charge in [0.2, 0.25) is 0 Å². The van der Waals surface area contributed by atoms with Gasteiger partial charge in [-0.1, -0.05) is 27.7 Å². The number of aryl methyl sites for hydroxylation is 1. The lowest BCUT2D eigenvalue weighted by Crippen LogP contribution is -2.13. The SMILES string of the molecule is CCc1c(C(C)(C)C)[nH]c2ncccc12. The second-order valence-electron chi connectivity index (χ2n) is 4.98. The summed E-state index contributed by atoms with van der Waals surface area (Å²) in [6, 6.07) is 4.15. The van der Waals surface area contributed by atoms with Crippen molar-refractivity contribution in [3.63, 3.8) is 0 Å². The minimum Gasteiger partial charge on any atom is -0.343 e. The Hall–Kier alpha value is -1.31. The van der Waals surface area contributed by atoms with E-state index in [1.807, 2.05) is 12.3 Å². The number of nitrogens with one attached hydrogen (secondary N) is 1. The molecule has 2 aromatic rings. The average molecular weight is 202 g/mol. The number of aromatic amines is 1. The highest BCUT2D eigenvalue weighted by Gasteiger charge is 2.21. The van der Waals surface area contributed by atoms with Crippen LogP contribution in [0.5, 0.6) is 0 Å². The molecule has 0 aromatic carbocycles. The number of aromatic nitrogens is 2. The monoisotopic (exact) mass is 202 g/mol. The largest absolute Gasteiger partial charge is 0.343 e. The molecular weight excluding hydrogens is 184 g/mol. The number of hydrogen-bond acceptors (Lipinski definition) is 1. The molecule has 0 unspecified atom stereocenters. The zero-order valence-electron chi connectivity index (χ0n) is 9.89. The predicted octanol–water partition coefficient (Wildman–Crippen LogP) is 3.42. The van der Waals surface area contributed by atoms with Crippen LogP contribution in [-0.2, 0) is 11.8 Å². The molecule has 15 heavy (non-hydrogen) atoms. The van der Waals surface area contributed by atoms with Crippen LogP contribution < -0.4 is 0 Å². The van der Waals surface area contributed by atoms with Crippen molar-refractivity contribution in [2.75, 3.05) is 0 Å². The predicted molar refractivity (Wildman–Crippen MR) is 64.2 cm³/mol. The van der Waals surface area contributed by atoms with E-state index < -0.39 is 0 Å². The van der Waals surface area contributed by atoms with Gasteiger partial charge in [-0.3, -0.25) is 0 Å². The zero-order valence-corrected chi connectivity index (χ0v) is 9.89. The topological polar surface area (TPSA) is 28.7 Å². The summed E-state index contributed by atoms with van der Waals surface area (Å²) in [5.41, 5.74) is 3.90. The van der Waals surface area contributed by atoms with E-state index in [1.54, 1.807) is 0 Å².